The number of nitrogens with one attached hydrogen (secondary N) is 2. The first kappa shape index (κ1) is 16.5. The number of anilines is 1. The maximum absolute atomic E-state index is 11.8. The number of hydrogen-bond donors (Lipinski definition) is 2. The summed E-state index contributed by atoms with van der Waals surface area (Å²) >= 11 is 0. The molecule has 1 aliphatic carbocycles. The summed E-state index contributed by atoms with van der Waals surface area (Å²) in [4.78, 5) is 23.1. The minimum Gasteiger partial charge on any atom is -0.484 e. The van der Waals surface area contributed by atoms with Gasteiger partial charge in [0, 0.05) is 18.3 Å². The van der Waals surface area contributed by atoms with Gasteiger partial charge in [-0.05, 0) is 48.9 Å². The van der Waals surface area contributed by atoms with E-state index < -0.39 is 0 Å². The SMILES string of the molecule is O=C(COc1ccc2c(c1)CCC(=O)N2)N/N=C/C1CCCCC1. The molecule has 1 aliphatic heterocycles. The van der Waals surface area contributed by atoms with Crippen molar-refractivity contribution in [2.75, 3.05) is 11.9 Å². The summed E-state index contributed by atoms with van der Waals surface area (Å²) in [6.07, 6.45) is 9.11. The summed E-state index contributed by atoms with van der Waals surface area (Å²) in [6, 6.07) is 5.43. The molecule has 24 heavy (non-hydrogen) atoms. The Kier molecular flexibility index (Phi) is 5.46. The molecule has 2 amide bonds. The van der Waals surface area contributed by atoms with Gasteiger partial charge in [-0.2, -0.15) is 5.10 Å². The number of hydrazone groups is 1. The number of amides is 2. The largest absolute Gasteiger partial charge is 0.484 e. The zero-order chi connectivity index (χ0) is 16.8. The van der Waals surface area contributed by atoms with E-state index in [9.17, 15) is 9.59 Å². The predicted molar refractivity (Wildman–Crippen MR) is 92.1 cm³/mol. The lowest BCUT2D eigenvalue weighted by Crippen LogP contribution is -2.25. The normalized spacial score (nSPS) is 18.1. The van der Waals surface area contributed by atoms with Crippen molar-refractivity contribution in [2.24, 2.45) is 11.0 Å². The number of aryl methyl sites for hydroxylation is 1. The molecule has 0 spiro atoms. The van der Waals surface area contributed by atoms with E-state index in [1.165, 1.54) is 19.3 Å². The highest BCUT2D eigenvalue weighted by Crippen LogP contribution is 2.26. The van der Waals surface area contributed by atoms with Gasteiger partial charge in [-0.25, -0.2) is 5.43 Å². The van der Waals surface area contributed by atoms with Crippen LogP contribution in [-0.2, 0) is 16.0 Å². The molecule has 1 saturated carbocycles. The summed E-state index contributed by atoms with van der Waals surface area (Å²) < 4.78 is 5.50. The van der Waals surface area contributed by atoms with Crippen LogP contribution in [0.3, 0.4) is 0 Å². The fourth-order valence-corrected chi connectivity index (χ4v) is 3.13. The van der Waals surface area contributed by atoms with Crippen LogP contribution in [0.25, 0.3) is 0 Å². The average molecular weight is 329 g/mol. The fourth-order valence-electron chi connectivity index (χ4n) is 3.13. The van der Waals surface area contributed by atoms with Crippen LogP contribution in [0.15, 0.2) is 23.3 Å². The Hall–Kier alpha value is -2.37. The maximum Gasteiger partial charge on any atom is 0.277 e. The topological polar surface area (TPSA) is 79.8 Å². The van der Waals surface area contributed by atoms with Gasteiger partial charge >= 0.3 is 0 Å². The second-order valence-corrected chi connectivity index (χ2v) is 6.37. The third-order valence-electron chi connectivity index (χ3n) is 4.47. The molecule has 6 nitrogen and oxygen atoms in total. The second kappa shape index (κ2) is 7.95. The summed E-state index contributed by atoms with van der Waals surface area (Å²) in [6.45, 7) is -0.0762. The molecule has 3 rings (SSSR count). The van der Waals surface area contributed by atoms with Crippen molar-refractivity contribution < 1.29 is 14.3 Å². The predicted octanol–water partition coefficient (Wildman–Crippen LogP) is 2.63. The molecule has 1 aromatic carbocycles. The lowest BCUT2D eigenvalue weighted by Gasteiger charge is -2.17. The van der Waals surface area contributed by atoms with E-state index >= 15 is 0 Å². The molecule has 0 saturated heterocycles. The van der Waals surface area contributed by atoms with Gasteiger partial charge < -0.3 is 10.1 Å². The van der Waals surface area contributed by atoms with Crippen LogP contribution in [0.4, 0.5) is 5.69 Å². The molecule has 1 aromatic rings. The molecule has 0 unspecified atom stereocenters. The van der Waals surface area contributed by atoms with Crippen molar-refractivity contribution in [1.29, 1.82) is 0 Å². The van der Waals surface area contributed by atoms with Crippen molar-refractivity contribution in [1.82, 2.24) is 5.43 Å². The van der Waals surface area contributed by atoms with E-state index in [-0.39, 0.29) is 18.4 Å². The van der Waals surface area contributed by atoms with Crippen molar-refractivity contribution in [3.63, 3.8) is 0 Å². The third kappa shape index (κ3) is 4.57. The number of carbonyl (C=O) groups excluding carboxylic acids is 2. The van der Waals surface area contributed by atoms with Crippen molar-refractivity contribution in [3.8, 4) is 5.75 Å². The lowest BCUT2D eigenvalue weighted by atomic mass is 9.90. The Bertz CT molecular complexity index is 636. The van der Waals surface area contributed by atoms with E-state index in [0.29, 0.717) is 24.5 Å². The van der Waals surface area contributed by atoms with Crippen LogP contribution in [0.5, 0.6) is 5.75 Å². The van der Waals surface area contributed by atoms with Crippen molar-refractivity contribution >= 4 is 23.7 Å². The highest BCUT2D eigenvalue weighted by molar-refractivity contribution is 5.94. The van der Waals surface area contributed by atoms with Gasteiger partial charge in [0.2, 0.25) is 5.91 Å². The van der Waals surface area contributed by atoms with E-state index in [2.05, 4.69) is 15.8 Å². The van der Waals surface area contributed by atoms with Gasteiger partial charge in [0.25, 0.3) is 5.91 Å². The van der Waals surface area contributed by atoms with Gasteiger partial charge in [0.05, 0.1) is 0 Å². The molecule has 0 bridgehead atoms. The zero-order valence-electron chi connectivity index (χ0n) is 13.7. The maximum atomic E-state index is 11.8. The van der Waals surface area contributed by atoms with E-state index in [1.807, 2.05) is 12.3 Å². The third-order valence-corrected chi connectivity index (χ3v) is 4.47. The highest BCUT2D eigenvalue weighted by Gasteiger charge is 2.15. The summed E-state index contributed by atoms with van der Waals surface area (Å²) in [5.74, 6) is 0.867. The molecular weight excluding hydrogens is 306 g/mol. The van der Waals surface area contributed by atoms with Gasteiger partial charge in [-0.1, -0.05) is 19.3 Å². The first-order chi connectivity index (χ1) is 11.7. The molecule has 128 valence electrons. The van der Waals surface area contributed by atoms with E-state index in [4.69, 9.17) is 4.74 Å². The number of ether oxygens (including phenoxy) is 1. The molecule has 0 radical (unpaired) electrons. The molecule has 1 fully saturated rings. The van der Waals surface area contributed by atoms with Crippen LogP contribution < -0.4 is 15.5 Å². The van der Waals surface area contributed by atoms with Crippen molar-refractivity contribution in [2.45, 2.75) is 44.9 Å². The highest BCUT2D eigenvalue weighted by atomic mass is 16.5. The van der Waals surface area contributed by atoms with Gasteiger partial charge in [-0.15, -0.1) is 0 Å². The van der Waals surface area contributed by atoms with Gasteiger partial charge in [0.1, 0.15) is 5.75 Å². The quantitative estimate of drug-likeness (QED) is 0.644. The number of benzene rings is 1. The first-order valence-corrected chi connectivity index (χ1v) is 8.58. The molecule has 0 atom stereocenters. The Morgan fingerprint density at radius 1 is 1.29 bits per heavy atom. The van der Waals surface area contributed by atoms with Crippen molar-refractivity contribution in [3.05, 3.63) is 23.8 Å². The Balaban J connectivity index is 1.44. The molecule has 6 heteroatoms. The molecule has 2 N–H and O–H groups in total. The standard InChI is InChI=1S/C18H23N3O3/c22-17-9-6-14-10-15(7-8-16(14)20-17)24-12-18(23)21-19-11-13-4-2-1-3-5-13/h7-8,10-11,13H,1-6,9,12H2,(H,20,22)(H,21,23)/b19-11+. The van der Waals surface area contributed by atoms with Crippen LogP contribution in [0.2, 0.25) is 0 Å². The van der Waals surface area contributed by atoms with Gasteiger partial charge in [0.15, 0.2) is 6.61 Å². The van der Waals surface area contributed by atoms with E-state index in [1.54, 1.807) is 12.1 Å². The molecule has 0 aromatic heterocycles. The number of nitrogens with zero attached hydrogens (tertiary/aromatic N) is 1. The smallest absolute Gasteiger partial charge is 0.277 e. The monoisotopic (exact) mass is 329 g/mol. The minimum absolute atomic E-state index is 0.0337. The minimum atomic E-state index is -0.270. The second-order valence-electron chi connectivity index (χ2n) is 6.37. The zero-order valence-corrected chi connectivity index (χ0v) is 13.7. The van der Waals surface area contributed by atoms with Crippen LogP contribution in [-0.4, -0.2) is 24.6 Å². The number of fused-ring (bicyclic) bond motifs is 1. The Morgan fingerprint density at radius 2 is 2.12 bits per heavy atom. The average Bonchev–Trinajstić information content (AvgIpc) is 2.61. The number of rotatable bonds is 5. The van der Waals surface area contributed by atoms with Gasteiger partial charge in [-0.3, -0.25) is 9.59 Å². The number of carbonyl (C=O) groups is 2. The van der Waals surface area contributed by atoms with Crippen LogP contribution in [0.1, 0.15) is 44.1 Å². The first-order valence-electron chi connectivity index (χ1n) is 8.58. The fraction of sp³-hybridized carbons (Fsp3) is 0.500. The van der Waals surface area contributed by atoms with E-state index in [0.717, 1.165) is 24.1 Å². The number of hydrogen-bond acceptors (Lipinski definition) is 4. The molecular formula is C18H23N3O3. The summed E-state index contributed by atoms with van der Waals surface area (Å²) in [5.41, 5.74) is 4.37. The lowest BCUT2D eigenvalue weighted by molar-refractivity contribution is -0.123. The Morgan fingerprint density at radius 3 is 2.96 bits per heavy atom. The van der Waals surface area contributed by atoms with Crippen LogP contribution in [0, 0.1) is 5.92 Å². The molecule has 1 heterocycles. The van der Waals surface area contributed by atoms with Crippen LogP contribution >= 0.6 is 0 Å². The summed E-state index contributed by atoms with van der Waals surface area (Å²) in [7, 11) is 0. The Labute approximate surface area is 141 Å². The molecule has 2 aliphatic rings. The summed E-state index contributed by atoms with van der Waals surface area (Å²) in [5, 5.41) is 6.85.